The number of sulfonamides is 1. The minimum Gasteiger partial charge on any atom is -0.468 e. The number of carbonyl (C=O) groups excluding carboxylic acids is 2. The van der Waals surface area contributed by atoms with E-state index in [0.717, 1.165) is 41.5 Å². The molecule has 0 aliphatic rings. The predicted octanol–water partition coefficient (Wildman–Crippen LogP) is 2.88. The molecule has 2 aromatic rings. The normalized spacial score (nSPS) is 11.8. The van der Waals surface area contributed by atoms with Crippen LogP contribution in [0.2, 0.25) is 5.02 Å². The highest BCUT2D eigenvalue weighted by molar-refractivity contribution is 8.01. The molecule has 0 radical (unpaired) electrons. The van der Waals surface area contributed by atoms with E-state index in [0.29, 0.717) is 14.7 Å². The van der Waals surface area contributed by atoms with Gasteiger partial charge in [-0.05, 0) is 18.2 Å². The van der Waals surface area contributed by atoms with Crippen molar-refractivity contribution in [3.63, 3.8) is 0 Å². The molecule has 16 heteroatoms. The average molecular weight is 519 g/mol. The number of nitrogens with zero attached hydrogens (tertiary/aromatic N) is 3. The number of anilines is 2. The third-order valence-electron chi connectivity index (χ3n) is 3.42. The second-order valence-corrected chi connectivity index (χ2v) is 10.2. The highest BCUT2D eigenvalue weighted by Gasteiger charge is 2.34. The van der Waals surface area contributed by atoms with Crippen LogP contribution in [0.25, 0.3) is 0 Å². The molecule has 0 fully saturated rings. The van der Waals surface area contributed by atoms with Gasteiger partial charge in [-0.2, -0.15) is 13.2 Å². The number of halogens is 4. The van der Waals surface area contributed by atoms with Gasteiger partial charge in [0.05, 0.1) is 35.4 Å². The van der Waals surface area contributed by atoms with Gasteiger partial charge in [0.1, 0.15) is 6.54 Å². The standard InChI is InChI=1S/C15H14ClF3N4O5S3/c1-28-12(25)7-29-14-22-21-13(30-14)20-11(24)6-23(31(2,26)27)8-3-4-10(16)9(5-8)15(17,18)19/h3-5H,6-7H2,1-2H3,(H,20,21,24). The number of carbonyl (C=O) groups is 2. The minimum atomic E-state index is -4.82. The van der Waals surface area contributed by atoms with Crippen LogP contribution in [0.3, 0.4) is 0 Å². The van der Waals surface area contributed by atoms with E-state index in [2.05, 4.69) is 20.3 Å². The van der Waals surface area contributed by atoms with Crippen LogP contribution in [0.5, 0.6) is 0 Å². The van der Waals surface area contributed by atoms with Crippen LogP contribution < -0.4 is 9.62 Å². The lowest BCUT2D eigenvalue weighted by atomic mass is 10.2. The SMILES string of the molecule is COC(=O)CSc1nnc(NC(=O)CN(c2ccc(Cl)c(C(F)(F)F)c2)S(C)(=O)=O)s1. The molecule has 1 aromatic heterocycles. The molecule has 2 rings (SSSR count). The zero-order valence-electron chi connectivity index (χ0n) is 15.8. The molecule has 0 aliphatic heterocycles. The number of benzene rings is 1. The Morgan fingerprint density at radius 1 is 1.32 bits per heavy atom. The van der Waals surface area contributed by atoms with Gasteiger partial charge in [0.2, 0.25) is 21.1 Å². The van der Waals surface area contributed by atoms with Gasteiger partial charge in [-0.25, -0.2) is 8.42 Å². The average Bonchev–Trinajstić information content (AvgIpc) is 3.10. The molecule has 9 nitrogen and oxygen atoms in total. The molecule has 0 spiro atoms. The van der Waals surface area contributed by atoms with Gasteiger partial charge in [0.15, 0.2) is 4.34 Å². The van der Waals surface area contributed by atoms with Crippen molar-refractivity contribution in [2.45, 2.75) is 10.5 Å². The number of aromatic nitrogens is 2. The zero-order chi connectivity index (χ0) is 23.4. The quantitative estimate of drug-likeness (QED) is 0.322. The number of nitrogens with one attached hydrogen (secondary N) is 1. The maximum absolute atomic E-state index is 13.1. The summed E-state index contributed by atoms with van der Waals surface area (Å²) in [5.74, 6) is -1.38. The Morgan fingerprint density at radius 2 is 2.00 bits per heavy atom. The van der Waals surface area contributed by atoms with Crippen LogP contribution in [0.1, 0.15) is 5.56 Å². The molecule has 0 saturated carbocycles. The van der Waals surface area contributed by atoms with E-state index in [1.807, 2.05) is 0 Å². The van der Waals surface area contributed by atoms with Gasteiger partial charge in [0.25, 0.3) is 0 Å². The summed E-state index contributed by atoms with van der Waals surface area (Å²) < 4.78 is 68.8. The lowest BCUT2D eigenvalue weighted by molar-refractivity contribution is -0.138. The fourth-order valence-electron chi connectivity index (χ4n) is 2.07. The Bertz CT molecular complexity index is 1080. The second-order valence-electron chi connectivity index (χ2n) is 5.72. The number of ether oxygens (including phenoxy) is 1. The molecule has 1 aromatic carbocycles. The Kier molecular flexibility index (Phi) is 8.13. The number of esters is 1. The summed E-state index contributed by atoms with van der Waals surface area (Å²) in [7, 11) is -2.90. The van der Waals surface area contributed by atoms with Crippen molar-refractivity contribution in [3.05, 3.63) is 28.8 Å². The summed E-state index contributed by atoms with van der Waals surface area (Å²) in [6, 6.07) is 2.49. The first kappa shape index (κ1) is 25.2. The summed E-state index contributed by atoms with van der Waals surface area (Å²) in [4.78, 5) is 23.4. The van der Waals surface area contributed by atoms with Crippen molar-refractivity contribution in [1.82, 2.24) is 10.2 Å². The molecule has 1 heterocycles. The minimum absolute atomic E-state index is 0.0119. The van der Waals surface area contributed by atoms with E-state index >= 15 is 0 Å². The maximum atomic E-state index is 13.1. The number of hydrogen-bond donors (Lipinski definition) is 1. The molecule has 0 bridgehead atoms. The molecule has 1 amide bonds. The number of hydrogen-bond acceptors (Lipinski definition) is 9. The predicted molar refractivity (Wildman–Crippen MR) is 110 cm³/mol. The first-order chi connectivity index (χ1) is 14.3. The third-order valence-corrected chi connectivity index (χ3v) is 6.84. The van der Waals surface area contributed by atoms with Crippen LogP contribution in [0.15, 0.2) is 22.5 Å². The van der Waals surface area contributed by atoms with E-state index in [-0.39, 0.29) is 16.6 Å². The summed E-state index contributed by atoms with van der Waals surface area (Å²) in [6.07, 6.45) is -4.07. The molecular weight excluding hydrogens is 505 g/mol. The van der Waals surface area contributed by atoms with Gasteiger partial charge in [-0.3, -0.25) is 19.2 Å². The molecule has 1 N–H and O–H groups in total. The highest BCUT2D eigenvalue weighted by atomic mass is 35.5. The smallest absolute Gasteiger partial charge is 0.417 e. The fourth-order valence-corrected chi connectivity index (χ4v) is 4.75. The summed E-state index contributed by atoms with van der Waals surface area (Å²) in [6.45, 7) is -0.817. The van der Waals surface area contributed by atoms with Crippen LogP contribution in [-0.2, 0) is 30.5 Å². The number of alkyl halides is 3. The number of rotatable bonds is 8. The lowest BCUT2D eigenvalue weighted by Crippen LogP contribution is -2.37. The first-order valence-electron chi connectivity index (χ1n) is 7.98. The van der Waals surface area contributed by atoms with Crippen molar-refractivity contribution in [1.29, 1.82) is 0 Å². The number of amides is 1. The molecule has 31 heavy (non-hydrogen) atoms. The summed E-state index contributed by atoms with van der Waals surface area (Å²) >= 11 is 7.49. The summed E-state index contributed by atoms with van der Waals surface area (Å²) in [5.41, 5.74) is -1.63. The van der Waals surface area contributed by atoms with E-state index in [1.165, 1.54) is 7.11 Å². The largest absolute Gasteiger partial charge is 0.468 e. The van der Waals surface area contributed by atoms with Crippen LogP contribution in [-0.4, -0.2) is 56.2 Å². The van der Waals surface area contributed by atoms with E-state index in [9.17, 15) is 31.2 Å². The number of thioether (sulfide) groups is 1. The first-order valence-corrected chi connectivity index (χ1v) is 12.0. The van der Waals surface area contributed by atoms with Crippen molar-refractivity contribution < 1.29 is 35.9 Å². The van der Waals surface area contributed by atoms with Gasteiger partial charge >= 0.3 is 12.1 Å². The van der Waals surface area contributed by atoms with Crippen LogP contribution in [0, 0.1) is 0 Å². The second kappa shape index (κ2) is 10.0. The maximum Gasteiger partial charge on any atom is 0.417 e. The van der Waals surface area contributed by atoms with Crippen molar-refractivity contribution in [2.24, 2.45) is 0 Å². The Hall–Kier alpha value is -2.10. The Balaban J connectivity index is 2.17. The number of methoxy groups -OCH3 is 1. The monoisotopic (exact) mass is 518 g/mol. The van der Waals surface area contributed by atoms with Crippen LogP contribution >= 0.6 is 34.7 Å². The van der Waals surface area contributed by atoms with Gasteiger partial charge in [0, 0.05) is 0 Å². The lowest BCUT2D eigenvalue weighted by Gasteiger charge is -2.23. The van der Waals surface area contributed by atoms with Crippen molar-refractivity contribution in [2.75, 3.05) is 35.3 Å². The van der Waals surface area contributed by atoms with Gasteiger partial charge < -0.3 is 4.74 Å². The van der Waals surface area contributed by atoms with E-state index < -0.39 is 45.2 Å². The van der Waals surface area contributed by atoms with Gasteiger partial charge in [-0.1, -0.05) is 34.7 Å². The van der Waals surface area contributed by atoms with Crippen LogP contribution in [0.4, 0.5) is 24.0 Å². The molecule has 0 atom stereocenters. The Labute approximate surface area is 188 Å². The third kappa shape index (κ3) is 7.22. The van der Waals surface area contributed by atoms with E-state index in [1.54, 1.807) is 0 Å². The molecule has 170 valence electrons. The van der Waals surface area contributed by atoms with Gasteiger partial charge in [-0.15, -0.1) is 10.2 Å². The topological polar surface area (TPSA) is 119 Å². The zero-order valence-corrected chi connectivity index (χ0v) is 19.0. The summed E-state index contributed by atoms with van der Waals surface area (Å²) in [5, 5.41) is 9.15. The van der Waals surface area contributed by atoms with Crippen molar-refractivity contribution in [3.8, 4) is 0 Å². The molecular formula is C15H14ClF3N4O5S3. The molecule has 0 aliphatic carbocycles. The fraction of sp³-hybridized carbons (Fsp3) is 0.333. The molecule has 0 unspecified atom stereocenters. The van der Waals surface area contributed by atoms with Crippen molar-refractivity contribution >= 4 is 67.4 Å². The highest BCUT2D eigenvalue weighted by Crippen LogP contribution is 2.37. The molecule has 0 saturated heterocycles. The Morgan fingerprint density at radius 3 is 2.58 bits per heavy atom. The van der Waals surface area contributed by atoms with E-state index in [4.69, 9.17) is 11.6 Å².